The molecule has 2 unspecified atom stereocenters. The lowest BCUT2D eigenvalue weighted by Gasteiger charge is -2.34. The monoisotopic (exact) mass is 396 g/mol. The first-order chi connectivity index (χ1) is 13.7. The van der Waals surface area contributed by atoms with Gasteiger partial charge < -0.3 is 25.0 Å². The number of nitrogens with zero attached hydrogens (tertiary/aromatic N) is 2. The van der Waals surface area contributed by atoms with E-state index in [-0.39, 0.29) is 0 Å². The fourth-order valence-electron chi connectivity index (χ4n) is 4.41. The van der Waals surface area contributed by atoms with Crippen molar-refractivity contribution in [2.75, 3.05) is 66.2 Å². The maximum atomic E-state index is 5.81. The summed E-state index contributed by atoms with van der Waals surface area (Å²) < 4.78 is 11.2. The van der Waals surface area contributed by atoms with E-state index in [1.54, 1.807) is 0 Å². The summed E-state index contributed by atoms with van der Waals surface area (Å²) in [5, 5.41) is 6.82. The number of nitrogens with one attached hydrogen (secondary N) is 2. The predicted molar refractivity (Wildman–Crippen MR) is 117 cm³/mol. The van der Waals surface area contributed by atoms with Crippen molar-refractivity contribution in [3.8, 4) is 0 Å². The summed E-state index contributed by atoms with van der Waals surface area (Å²) in [5.41, 5.74) is 0. The van der Waals surface area contributed by atoms with Crippen LogP contribution in [0.15, 0.2) is 4.99 Å². The first-order valence-electron chi connectivity index (χ1n) is 11.5. The van der Waals surface area contributed by atoms with Crippen LogP contribution in [0.25, 0.3) is 0 Å². The van der Waals surface area contributed by atoms with Crippen LogP contribution in [0.4, 0.5) is 0 Å². The summed E-state index contributed by atoms with van der Waals surface area (Å²) in [6, 6.07) is 0. The molecule has 0 amide bonds. The first-order valence-corrected chi connectivity index (χ1v) is 11.5. The Hall–Kier alpha value is -0.850. The van der Waals surface area contributed by atoms with Crippen LogP contribution in [0.3, 0.4) is 0 Å². The molecule has 2 fully saturated rings. The lowest BCUT2D eigenvalue weighted by Crippen LogP contribution is -2.40. The summed E-state index contributed by atoms with van der Waals surface area (Å²) in [6.07, 6.45) is 7.13. The molecular weight excluding hydrogens is 352 g/mol. The minimum atomic E-state index is 0.688. The normalized spacial score (nSPS) is 25.0. The maximum absolute atomic E-state index is 5.81. The zero-order valence-corrected chi connectivity index (χ0v) is 18.5. The molecule has 6 heteroatoms. The summed E-state index contributed by atoms with van der Waals surface area (Å²) >= 11 is 0. The smallest absolute Gasteiger partial charge is 0.190 e. The van der Waals surface area contributed by atoms with E-state index in [9.17, 15) is 0 Å². The SMILES string of the molecule is CN=C(NCCCCN1CC(C)CC(C)C1)NCCCOCC1CCOCC1. The predicted octanol–water partition coefficient (Wildman–Crippen LogP) is 2.74. The standard InChI is InChI=1S/C22H44N4O2/c1-19-15-20(2)17-26(16-19)11-5-4-9-24-22(23-3)25-10-6-12-28-18-21-7-13-27-14-8-21/h19-21H,4-18H2,1-3H3,(H2,23,24,25). The van der Waals surface area contributed by atoms with Crippen LogP contribution < -0.4 is 10.6 Å². The number of unbranched alkanes of at least 4 members (excludes halogenated alkanes) is 1. The van der Waals surface area contributed by atoms with E-state index < -0.39 is 0 Å². The maximum Gasteiger partial charge on any atom is 0.190 e. The van der Waals surface area contributed by atoms with Crippen molar-refractivity contribution in [2.45, 2.75) is 52.4 Å². The van der Waals surface area contributed by atoms with Crippen LogP contribution in [0.5, 0.6) is 0 Å². The number of hydrogen-bond acceptors (Lipinski definition) is 4. The molecule has 0 radical (unpaired) electrons. The van der Waals surface area contributed by atoms with Gasteiger partial charge in [0.15, 0.2) is 5.96 Å². The highest BCUT2D eigenvalue weighted by Crippen LogP contribution is 2.21. The number of aliphatic imine (C=N–C) groups is 1. The first kappa shape index (κ1) is 23.4. The molecule has 2 aliphatic heterocycles. The van der Waals surface area contributed by atoms with Gasteiger partial charge in [-0.05, 0) is 62.8 Å². The van der Waals surface area contributed by atoms with Gasteiger partial charge in [-0.3, -0.25) is 4.99 Å². The Bertz CT molecular complexity index is 417. The number of ether oxygens (including phenoxy) is 2. The molecule has 2 saturated heterocycles. The molecule has 0 saturated carbocycles. The zero-order valence-electron chi connectivity index (χ0n) is 18.5. The molecule has 2 heterocycles. The van der Waals surface area contributed by atoms with Gasteiger partial charge in [-0.2, -0.15) is 0 Å². The Labute approximate surface area is 172 Å². The minimum absolute atomic E-state index is 0.688. The number of piperidine rings is 1. The lowest BCUT2D eigenvalue weighted by molar-refractivity contribution is 0.0203. The Morgan fingerprint density at radius 1 is 1.04 bits per heavy atom. The van der Waals surface area contributed by atoms with Gasteiger partial charge in [0.25, 0.3) is 0 Å². The molecule has 0 aromatic rings. The van der Waals surface area contributed by atoms with Gasteiger partial charge in [-0.1, -0.05) is 13.8 Å². The van der Waals surface area contributed by atoms with E-state index in [0.29, 0.717) is 5.92 Å². The van der Waals surface area contributed by atoms with Gasteiger partial charge in [0.1, 0.15) is 0 Å². The third kappa shape index (κ3) is 10.1. The van der Waals surface area contributed by atoms with E-state index in [4.69, 9.17) is 9.47 Å². The second-order valence-corrected chi connectivity index (χ2v) is 8.82. The highest BCUT2D eigenvalue weighted by molar-refractivity contribution is 5.79. The lowest BCUT2D eigenvalue weighted by atomic mass is 9.92. The van der Waals surface area contributed by atoms with E-state index in [2.05, 4.69) is 34.4 Å². The highest BCUT2D eigenvalue weighted by Gasteiger charge is 2.20. The van der Waals surface area contributed by atoms with Crippen LogP contribution in [0, 0.1) is 17.8 Å². The third-order valence-electron chi connectivity index (χ3n) is 5.81. The molecule has 0 spiro atoms. The number of hydrogen-bond donors (Lipinski definition) is 2. The molecule has 164 valence electrons. The van der Waals surface area contributed by atoms with Crippen molar-refractivity contribution in [1.82, 2.24) is 15.5 Å². The molecule has 0 aromatic heterocycles. The zero-order chi connectivity index (χ0) is 20.0. The fraction of sp³-hybridized carbons (Fsp3) is 0.955. The summed E-state index contributed by atoms with van der Waals surface area (Å²) in [4.78, 5) is 6.96. The number of guanidine groups is 1. The van der Waals surface area contributed by atoms with Gasteiger partial charge >= 0.3 is 0 Å². The van der Waals surface area contributed by atoms with Crippen molar-refractivity contribution >= 4 is 5.96 Å². The van der Waals surface area contributed by atoms with Crippen LogP contribution in [-0.2, 0) is 9.47 Å². The van der Waals surface area contributed by atoms with Gasteiger partial charge in [-0.15, -0.1) is 0 Å². The van der Waals surface area contributed by atoms with Crippen LogP contribution in [0.1, 0.15) is 52.4 Å². The van der Waals surface area contributed by atoms with Crippen molar-refractivity contribution < 1.29 is 9.47 Å². The van der Waals surface area contributed by atoms with Gasteiger partial charge in [0.05, 0.1) is 0 Å². The van der Waals surface area contributed by atoms with Crippen molar-refractivity contribution in [1.29, 1.82) is 0 Å². The second kappa shape index (κ2) is 14.2. The average molecular weight is 397 g/mol. The molecule has 2 rings (SSSR count). The van der Waals surface area contributed by atoms with Gasteiger partial charge in [-0.25, -0.2) is 0 Å². The Morgan fingerprint density at radius 3 is 2.39 bits per heavy atom. The summed E-state index contributed by atoms with van der Waals surface area (Å²) in [7, 11) is 1.84. The molecule has 6 nitrogen and oxygen atoms in total. The molecule has 28 heavy (non-hydrogen) atoms. The molecule has 2 N–H and O–H groups in total. The van der Waals surface area contributed by atoms with Crippen LogP contribution >= 0.6 is 0 Å². The second-order valence-electron chi connectivity index (χ2n) is 8.82. The Morgan fingerprint density at radius 2 is 1.71 bits per heavy atom. The van der Waals surface area contributed by atoms with Crippen molar-refractivity contribution in [3.05, 3.63) is 0 Å². The topological polar surface area (TPSA) is 58.1 Å². The van der Waals surface area contributed by atoms with Gasteiger partial charge in [0, 0.05) is 59.7 Å². The molecular formula is C22H44N4O2. The molecule has 2 aliphatic rings. The van der Waals surface area contributed by atoms with E-state index >= 15 is 0 Å². The van der Waals surface area contributed by atoms with E-state index in [0.717, 1.165) is 76.6 Å². The van der Waals surface area contributed by atoms with E-state index in [1.165, 1.54) is 38.9 Å². The van der Waals surface area contributed by atoms with Crippen LogP contribution in [-0.4, -0.2) is 77.1 Å². The highest BCUT2D eigenvalue weighted by atomic mass is 16.5. The summed E-state index contributed by atoms with van der Waals surface area (Å²) in [5.74, 6) is 3.30. The van der Waals surface area contributed by atoms with Crippen LogP contribution in [0.2, 0.25) is 0 Å². The largest absolute Gasteiger partial charge is 0.381 e. The number of likely N-dealkylation sites (tertiary alicyclic amines) is 1. The molecule has 0 aliphatic carbocycles. The van der Waals surface area contributed by atoms with Gasteiger partial charge in [0.2, 0.25) is 0 Å². The Kier molecular flexibility index (Phi) is 11.9. The average Bonchev–Trinajstić information content (AvgIpc) is 2.68. The molecule has 0 aromatic carbocycles. The molecule has 0 bridgehead atoms. The number of rotatable bonds is 11. The Balaban J connectivity index is 1.42. The quantitative estimate of drug-likeness (QED) is 0.319. The summed E-state index contributed by atoms with van der Waals surface area (Å²) in [6.45, 7) is 13.9. The van der Waals surface area contributed by atoms with Crippen molar-refractivity contribution in [3.63, 3.8) is 0 Å². The minimum Gasteiger partial charge on any atom is -0.381 e. The molecule has 2 atom stereocenters. The third-order valence-corrected chi connectivity index (χ3v) is 5.81. The van der Waals surface area contributed by atoms with E-state index in [1.807, 2.05) is 7.05 Å². The van der Waals surface area contributed by atoms with Crippen molar-refractivity contribution in [2.24, 2.45) is 22.7 Å². The fourth-order valence-corrected chi connectivity index (χ4v) is 4.41.